The van der Waals surface area contributed by atoms with Crippen LogP contribution in [0.3, 0.4) is 0 Å². The SMILES string of the molecule is CN(CCC#CCN1C(=O)c2ccccc2C1=O)C[C@H]1CC[C@H](n2cc(NC(=O)c3cnn4ccc(N5CCOCC5)nc34)c(C(F)F)n2)CC1. The van der Waals surface area contributed by atoms with Gasteiger partial charge in [0.25, 0.3) is 24.1 Å². The van der Waals surface area contributed by atoms with E-state index in [2.05, 4.69) is 42.1 Å². The third kappa shape index (κ3) is 7.33. The number of imide groups is 1. The number of rotatable bonds is 10. The zero-order chi connectivity index (χ0) is 35.5. The van der Waals surface area contributed by atoms with Crippen molar-refractivity contribution in [1.82, 2.24) is 34.2 Å². The van der Waals surface area contributed by atoms with Crippen molar-refractivity contribution < 1.29 is 27.9 Å². The van der Waals surface area contributed by atoms with Gasteiger partial charge in [0.2, 0.25) is 0 Å². The zero-order valence-electron chi connectivity index (χ0n) is 28.3. The van der Waals surface area contributed by atoms with E-state index in [0.29, 0.717) is 61.2 Å². The van der Waals surface area contributed by atoms with Crippen LogP contribution in [0.15, 0.2) is 48.9 Å². The first-order valence-electron chi connectivity index (χ1n) is 17.2. The predicted octanol–water partition coefficient (Wildman–Crippen LogP) is 4.31. The molecule has 51 heavy (non-hydrogen) atoms. The van der Waals surface area contributed by atoms with Gasteiger partial charge in [0.05, 0.1) is 48.8 Å². The Kier molecular flexibility index (Phi) is 10.0. The highest BCUT2D eigenvalue weighted by Gasteiger charge is 2.34. The fourth-order valence-corrected chi connectivity index (χ4v) is 7.00. The Hall–Kier alpha value is -5.20. The van der Waals surface area contributed by atoms with Gasteiger partial charge in [-0.05, 0) is 56.8 Å². The van der Waals surface area contributed by atoms with Crippen LogP contribution in [0, 0.1) is 17.8 Å². The molecule has 0 spiro atoms. The van der Waals surface area contributed by atoms with Crippen molar-refractivity contribution in [2.24, 2.45) is 5.92 Å². The normalized spacial score (nSPS) is 19.2. The number of hydrogen-bond donors (Lipinski definition) is 1. The van der Waals surface area contributed by atoms with Gasteiger partial charge >= 0.3 is 0 Å². The summed E-state index contributed by atoms with van der Waals surface area (Å²) in [5.74, 6) is 5.98. The van der Waals surface area contributed by atoms with Crippen molar-refractivity contribution in [3.05, 3.63) is 71.3 Å². The standard InChI is InChI=1S/C36H39F2N9O4/c1-43(14-5-2-6-15-45-35(49)26-7-3-4-8-27(26)36(45)50)22-24-9-11-25(12-10-24)47-23-29(31(42-47)32(37)38)40-34(48)28-21-39-46-16-13-30(41-33(28)46)44-17-19-51-20-18-44/h3-4,7-8,13,16,21,23-25,32H,5,9-12,14-15,17-20,22H2,1H3,(H,40,48)/t24-,25-. The molecule has 4 aromatic rings. The molecule has 1 aliphatic carbocycles. The second-order valence-corrected chi connectivity index (χ2v) is 13.2. The molecule has 3 aromatic heterocycles. The zero-order valence-corrected chi connectivity index (χ0v) is 28.3. The maximum Gasteiger partial charge on any atom is 0.284 e. The number of carbonyl (C=O) groups is 3. The summed E-state index contributed by atoms with van der Waals surface area (Å²) >= 11 is 0. The first-order chi connectivity index (χ1) is 24.8. The van der Waals surface area contributed by atoms with Gasteiger partial charge in [-0.2, -0.15) is 10.2 Å². The molecule has 3 aliphatic rings. The molecular formula is C36H39F2N9O4. The number of halogens is 2. The molecule has 7 rings (SSSR count). The van der Waals surface area contributed by atoms with Crippen LogP contribution in [0.1, 0.15) is 81.3 Å². The molecule has 1 saturated carbocycles. The highest BCUT2D eigenvalue weighted by molar-refractivity contribution is 6.21. The summed E-state index contributed by atoms with van der Waals surface area (Å²) in [5, 5.41) is 11.1. The summed E-state index contributed by atoms with van der Waals surface area (Å²) in [6.45, 7) is 4.20. The lowest BCUT2D eigenvalue weighted by atomic mass is 9.86. The molecule has 2 aliphatic heterocycles. The number of morpholine rings is 1. The average molecular weight is 700 g/mol. The molecule has 0 bridgehead atoms. The largest absolute Gasteiger partial charge is 0.378 e. The fraction of sp³-hybridized carbons (Fsp3) is 0.444. The van der Waals surface area contributed by atoms with Gasteiger partial charge in [-0.3, -0.25) is 24.0 Å². The molecule has 1 aromatic carbocycles. The van der Waals surface area contributed by atoms with Crippen LogP contribution < -0.4 is 10.2 Å². The minimum absolute atomic E-state index is 0.0235. The van der Waals surface area contributed by atoms with Gasteiger partial charge in [-0.25, -0.2) is 18.3 Å². The highest BCUT2D eigenvalue weighted by atomic mass is 19.3. The molecule has 0 radical (unpaired) electrons. The maximum atomic E-state index is 14.1. The molecular weight excluding hydrogens is 660 g/mol. The second kappa shape index (κ2) is 15.0. The van der Waals surface area contributed by atoms with Gasteiger partial charge < -0.3 is 19.9 Å². The molecule has 0 unspecified atom stereocenters. The molecule has 13 nitrogen and oxygen atoms in total. The summed E-state index contributed by atoms with van der Waals surface area (Å²) in [6, 6.07) is 8.56. The number of benzene rings is 1. The van der Waals surface area contributed by atoms with Crippen molar-refractivity contribution in [3.8, 4) is 11.8 Å². The molecule has 2 fully saturated rings. The summed E-state index contributed by atoms with van der Waals surface area (Å²) in [6.07, 6.45) is 5.73. The van der Waals surface area contributed by atoms with Crippen molar-refractivity contribution in [3.63, 3.8) is 0 Å². The minimum atomic E-state index is -2.86. The van der Waals surface area contributed by atoms with E-state index in [9.17, 15) is 23.2 Å². The molecule has 266 valence electrons. The van der Waals surface area contributed by atoms with Crippen molar-refractivity contribution in [2.75, 3.05) is 63.2 Å². The molecule has 1 N–H and O–H groups in total. The number of nitrogens with one attached hydrogen (secondary N) is 1. The molecule has 1 saturated heterocycles. The lowest BCUT2D eigenvalue weighted by Crippen LogP contribution is -2.36. The number of carbonyl (C=O) groups excluding carboxylic acids is 3. The van der Waals surface area contributed by atoms with E-state index in [-0.39, 0.29) is 35.7 Å². The van der Waals surface area contributed by atoms with Crippen LogP contribution >= 0.6 is 0 Å². The van der Waals surface area contributed by atoms with Crippen molar-refractivity contribution >= 4 is 34.9 Å². The number of alkyl halides is 2. The van der Waals surface area contributed by atoms with Gasteiger partial charge in [0, 0.05) is 45.0 Å². The summed E-state index contributed by atoms with van der Waals surface area (Å²) in [4.78, 5) is 48.5. The van der Waals surface area contributed by atoms with Crippen LogP contribution in [0.2, 0.25) is 0 Å². The summed E-state index contributed by atoms with van der Waals surface area (Å²) in [7, 11) is 2.04. The van der Waals surface area contributed by atoms with Gasteiger partial charge in [0.15, 0.2) is 11.3 Å². The molecule has 0 atom stereocenters. The number of fused-ring (bicyclic) bond motifs is 2. The summed E-state index contributed by atoms with van der Waals surface area (Å²) < 4.78 is 36.7. The third-order valence-corrected chi connectivity index (χ3v) is 9.77. The summed E-state index contributed by atoms with van der Waals surface area (Å²) in [5.41, 5.74) is 0.862. The van der Waals surface area contributed by atoms with Crippen LogP contribution in [0.4, 0.5) is 20.3 Å². The highest BCUT2D eigenvalue weighted by Crippen LogP contribution is 2.35. The first kappa shape index (κ1) is 34.3. The van der Waals surface area contributed by atoms with Gasteiger partial charge in [-0.1, -0.05) is 18.1 Å². The topological polar surface area (TPSA) is 130 Å². The van der Waals surface area contributed by atoms with E-state index in [1.165, 1.54) is 21.8 Å². The number of nitrogens with zero attached hydrogens (tertiary/aromatic N) is 8. The number of amides is 3. The Bertz CT molecular complexity index is 1950. The molecule has 5 heterocycles. The number of anilines is 2. The second-order valence-electron chi connectivity index (χ2n) is 13.2. The first-order valence-corrected chi connectivity index (χ1v) is 17.2. The number of hydrogen-bond acceptors (Lipinski definition) is 9. The number of ether oxygens (including phenoxy) is 1. The molecule has 15 heteroatoms. The van der Waals surface area contributed by atoms with E-state index in [0.717, 1.165) is 38.8 Å². The Balaban J connectivity index is 0.902. The maximum absolute atomic E-state index is 14.1. The van der Waals surface area contributed by atoms with Crippen molar-refractivity contribution in [1.29, 1.82) is 0 Å². The monoisotopic (exact) mass is 699 g/mol. The Morgan fingerprint density at radius 3 is 2.49 bits per heavy atom. The van der Waals surface area contributed by atoms with Gasteiger partial charge in [0.1, 0.15) is 11.4 Å². The van der Waals surface area contributed by atoms with Crippen LogP contribution in [0.5, 0.6) is 0 Å². The third-order valence-electron chi connectivity index (χ3n) is 9.77. The lowest BCUT2D eigenvalue weighted by molar-refractivity contribution is 0.0674. The Morgan fingerprint density at radius 1 is 1.06 bits per heavy atom. The van der Waals surface area contributed by atoms with E-state index in [1.807, 2.05) is 13.1 Å². The number of aromatic nitrogens is 5. The van der Waals surface area contributed by atoms with Gasteiger partial charge in [-0.15, -0.1) is 5.92 Å². The van der Waals surface area contributed by atoms with Crippen molar-refractivity contribution in [2.45, 2.75) is 44.6 Å². The van der Waals surface area contributed by atoms with E-state index < -0.39 is 18.0 Å². The van der Waals surface area contributed by atoms with E-state index in [4.69, 9.17) is 4.74 Å². The van der Waals surface area contributed by atoms with E-state index >= 15 is 0 Å². The van der Waals surface area contributed by atoms with E-state index in [1.54, 1.807) is 35.1 Å². The van der Waals surface area contributed by atoms with Crippen LogP contribution in [-0.2, 0) is 4.74 Å². The Labute approximate surface area is 293 Å². The van der Waals surface area contributed by atoms with Crippen LogP contribution in [-0.4, -0.2) is 105 Å². The lowest BCUT2D eigenvalue weighted by Gasteiger charge is -2.31. The predicted molar refractivity (Wildman–Crippen MR) is 184 cm³/mol. The quantitative estimate of drug-likeness (QED) is 0.190. The Morgan fingerprint density at radius 2 is 1.78 bits per heavy atom. The average Bonchev–Trinajstić information content (AvgIpc) is 3.83. The smallest absolute Gasteiger partial charge is 0.284 e. The molecule has 3 amide bonds. The minimum Gasteiger partial charge on any atom is -0.378 e. The fourth-order valence-electron chi connectivity index (χ4n) is 7.00. The van der Waals surface area contributed by atoms with Crippen LogP contribution in [0.25, 0.3) is 5.65 Å².